The number of esters is 1. The van der Waals surface area contributed by atoms with Gasteiger partial charge in [0, 0.05) is 30.4 Å². The number of carbonyl (C=O) groups excluding carboxylic acids is 2. The van der Waals surface area contributed by atoms with Crippen molar-refractivity contribution >= 4 is 17.7 Å². The van der Waals surface area contributed by atoms with E-state index in [-0.39, 0.29) is 35.0 Å². The normalized spacial score (nSPS) is 16.3. The predicted octanol–water partition coefficient (Wildman–Crippen LogP) is 3.92. The van der Waals surface area contributed by atoms with Gasteiger partial charge < -0.3 is 14.8 Å². The van der Waals surface area contributed by atoms with Gasteiger partial charge in [0.1, 0.15) is 23.9 Å². The maximum atomic E-state index is 13.5. The maximum absolute atomic E-state index is 13.5. The summed E-state index contributed by atoms with van der Waals surface area (Å²) in [6.45, 7) is 1.01. The molecule has 1 N–H and O–H groups in total. The molecule has 10 heteroatoms. The molecule has 1 spiro atoms. The Bertz CT molecular complexity index is 1300. The van der Waals surface area contributed by atoms with Gasteiger partial charge in [0.2, 0.25) is 5.91 Å². The number of rotatable bonds is 7. The highest BCUT2D eigenvalue weighted by Gasteiger charge is 2.53. The van der Waals surface area contributed by atoms with Gasteiger partial charge in [-0.1, -0.05) is 30.3 Å². The first kappa shape index (κ1) is 23.8. The molecule has 2 fully saturated rings. The zero-order valence-corrected chi connectivity index (χ0v) is 19.5. The molecule has 1 aliphatic heterocycles. The molecule has 0 bridgehead atoms. The van der Waals surface area contributed by atoms with Crippen LogP contribution in [0.1, 0.15) is 40.9 Å². The third kappa shape index (κ3) is 4.51. The van der Waals surface area contributed by atoms with Crippen molar-refractivity contribution in [1.82, 2.24) is 15.3 Å². The summed E-state index contributed by atoms with van der Waals surface area (Å²) in [5.41, 5.74) is 0.299. The number of methoxy groups -OCH3 is 1. The molecule has 1 aliphatic carbocycles. The molecule has 3 aromatic rings. The van der Waals surface area contributed by atoms with Gasteiger partial charge in [0.25, 0.3) is 6.43 Å². The number of piperazine rings is 1. The van der Waals surface area contributed by atoms with Crippen LogP contribution in [0.15, 0.2) is 54.9 Å². The van der Waals surface area contributed by atoms with E-state index in [9.17, 15) is 18.4 Å². The minimum absolute atomic E-state index is 0.0232. The molecule has 1 saturated heterocycles. The Morgan fingerprint density at radius 1 is 1.14 bits per heavy atom. The monoisotopic (exact) mass is 494 g/mol. The van der Waals surface area contributed by atoms with Crippen molar-refractivity contribution in [2.24, 2.45) is 0 Å². The lowest BCUT2D eigenvalue weighted by molar-refractivity contribution is -0.122. The Kier molecular flexibility index (Phi) is 6.36. The van der Waals surface area contributed by atoms with Crippen molar-refractivity contribution in [1.29, 1.82) is 0 Å². The van der Waals surface area contributed by atoms with E-state index in [2.05, 4.69) is 15.3 Å². The fraction of sp³-hybridized carbons (Fsp3) is 0.308. The highest BCUT2D eigenvalue weighted by atomic mass is 19.3. The van der Waals surface area contributed by atoms with Gasteiger partial charge in [0.05, 0.1) is 24.4 Å². The lowest BCUT2D eigenvalue weighted by Gasteiger charge is -2.33. The topological polar surface area (TPSA) is 93.6 Å². The molecular formula is C26H24F2N4O4. The van der Waals surface area contributed by atoms with Gasteiger partial charge in [-0.3, -0.25) is 14.7 Å². The number of anilines is 1. The van der Waals surface area contributed by atoms with E-state index >= 15 is 0 Å². The SMILES string of the molecule is COc1cnc(C(F)F)cc1-c1cc(N2CCNC3(CC3)C2=O)ncc1C(=O)OCc1ccccc1. The van der Waals surface area contributed by atoms with E-state index in [4.69, 9.17) is 9.47 Å². The molecule has 0 unspecified atom stereocenters. The van der Waals surface area contributed by atoms with Crippen molar-refractivity contribution in [2.45, 2.75) is 31.4 Å². The summed E-state index contributed by atoms with van der Waals surface area (Å²) < 4.78 is 37.9. The van der Waals surface area contributed by atoms with Gasteiger partial charge >= 0.3 is 5.97 Å². The summed E-state index contributed by atoms with van der Waals surface area (Å²) in [6, 6.07) is 11.9. The number of halogens is 2. The highest BCUT2D eigenvalue weighted by molar-refractivity contribution is 6.04. The van der Waals surface area contributed by atoms with Crippen molar-refractivity contribution in [2.75, 3.05) is 25.1 Å². The van der Waals surface area contributed by atoms with Crippen LogP contribution in [0.5, 0.6) is 5.75 Å². The molecule has 36 heavy (non-hydrogen) atoms. The van der Waals surface area contributed by atoms with Crippen molar-refractivity contribution in [3.05, 3.63) is 71.7 Å². The van der Waals surface area contributed by atoms with Crippen LogP contribution in [0.4, 0.5) is 14.6 Å². The number of carbonyl (C=O) groups is 2. The number of benzene rings is 1. The van der Waals surface area contributed by atoms with Crippen LogP contribution in [0.2, 0.25) is 0 Å². The highest BCUT2D eigenvalue weighted by Crippen LogP contribution is 2.41. The lowest BCUT2D eigenvalue weighted by atomic mass is 10.00. The molecule has 2 aliphatic rings. The van der Waals surface area contributed by atoms with Crippen LogP contribution in [-0.2, 0) is 16.1 Å². The Labute approximate surface area is 206 Å². The van der Waals surface area contributed by atoms with E-state index < -0.39 is 23.6 Å². The second-order valence-electron chi connectivity index (χ2n) is 8.73. The molecule has 8 nitrogen and oxygen atoms in total. The standard InChI is InChI=1S/C26H24F2N4O4/c1-35-21-14-29-20(23(27)28)11-18(21)17-12-22(32-10-9-31-26(7-8-26)25(32)34)30-13-19(17)24(33)36-15-16-5-3-2-4-6-16/h2-6,11-14,23,31H,7-10,15H2,1H3. The van der Waals surface area contributed by atoms with Crippen molar-refractivity contribution in [3.8, 4) is 16.9 Å². The first-order chi connectivity index (χ1) is 17.4. The molecule has 2 aromatic heterocycles. The van der Waals surface area contributed by atoms with E-state index in [1.165, 1.54) is 25.6 Å². The molecule has 3 heterocycles. The van der Waals surface area contributed by atoms with E-state index in [1.54, 1.807) is 11.0 Å². The van der Waals surface area contributed by atoms with Gasteiger partial charge in [-0.2, -0.15) is 0 Å². The molecule has 186 valence electrons. The number of nitrogens with one attached hydrogen (secondary N) is 1. The van der Waals surface area contributed by atoms with Crippen LogP contribution in [0.3, 0.4) is 0 Å². The van der Waals surface area contributed by atoms with Gasteiger partial charge in [0.15, 0.2) is 0 Å². The summed E-state index contributed by atoms with van der Waals surface area (Å²) >= 11 is 0. The van der Waals surface area contributed by atoms with E-state index in [0.29, 0.717) is 18.9 Å². The van der Waals surface area contributed by atoms with E-state index in [0.717, 1.165) is 18.4 Å². The molecule has 5 rings (SSSR count). The molecule has 0 atom stereocenters. The number of nitrogens with zero attached hydrogens (tertiary/aromatic N) is 3. The van der Waals surface area contributed by atoms with Crippen LogP contribution in [-0.4, -0.2) is 47.6 Å². The summed E-state index contributed by atoms with van der Waals surface area (Å²) in [6.07, 6.45) is 1.16. The number of hydrogen-bond acceptors (Lipinski definition) is 7. The summed E-state index contributed by atoms with van der Waals surface area (Å²) in [5, 5.41) is 3.26. The number of amides is 1. The second kappa shape index (κ2) is 9.62. The molecule has 1 aromatic carbocycles. The fourth-order valence-corrected chi connectivity index (χ4v) is 4.31. The smallest absolute Gasteiger partial charge is 0.340 e. The predicted molar refractivity (Wildman–Crippen MR) is 127 cm³/mol. The first-order valence-corrected chi connectivity index (χ1v) is 11.5. The number of alkyl halides is 2. The first-order valence-electron chi connectivity index (χ1n) is 11.5. The Balaban J connectivity index is 1.56. The molecule has 1 saturated carbocycles. The van der Waals surface area contributed by atoms with Gasteiger partial charge in [-0.25, -0.2) is 18.6 Å². The fourth-order valence-electron chi connectivity index (χ4n) is 4.31. The Morgan fingerprint density at radius 3 is 2.61 bits per heavy atom. The second-order valence-corrected chi connectivity index (χ2v) is 8.73. The molecule has 1 amide bonds. The van der Waals surface area contributed by atoms with Crippen LogP contribution >= 0.6 is 0 Å². The van der Waals surface area contributed by atoms with Crippen LogP contribution in [0, 0.1) is 0 Å². The summed E-state index contributed by atoms with van der Waals surface area (Å²) in [4.78, 5) is 36.0. The number of pyridine rings is 2. The Morgan fingerprint density at radius 2 is 1.92 bits per heavy atom. The largest absolute Gasteiger partial charge is 0.494 e. The third-order valence-corrected chi connectivity index (χ3v) is 6.42. The Hall–Kier alpha value is -3.92. The summed E-state index contributed by atoms with van der Waals surface area (Å²) in [7, 11) is 1.38. The maximum Gasteiger partial charge on any atom is 0.340 e. The minimum Gasteiger partial charge on any atom is -0.494 e. The molecular weight excluding hydrogens is 470 g/mol. The average molecular weight is 494 g/mol. The summed E-state index contributed by atoms with van der Waals surface area (Å²) in [5.74, 6) is -0.268. The average Bonchev–Trinajstić information content (AvgIpc) is 3.69. The quantitative estimate of drug-likeness (QED) is 0.498. The van der Waals surface area contributed by atoms with Gasteiger partial charge in [-0.05, 0) is 30.5 Å². The van der Waals surface area contributed by atoms with E-state index in [1.807, 2.05) is 30.3 Å². The van der Waals surface area contributed by atoms with Crippen molar-refractivity contribution < 1.29 is 27.8 Å². The third-order valence-electron chi connectivity index (χ3n) is 6.42. The van der Waals surface area contributed by atoms with Crippen molar-refractivity contribution in [3.63, 3.8) is 0 Å². The van der Waals surface area contributed by atoms with Gasteiger partial charge in [-0.15, -0.1) is 0 Å². The lowest BCUT2D eigenvalue weighted by Crippen LogP contribution is -2.57. The van der Waals surface area contributed by atoms with Crippen LogP contribution in [0.25, 0.3) is 11.1 Å². The number of ether oxygens (including phenoxy) is 2. The number of aromatic nitrogens is 2. The molecule has 0 radical (unpaired) electrons. The number of hydrogen-bond donors (Lipinski definition) is 1. The zero-order chi connectivity index (χ0) is 25.3. The minimum atomic E-state index is -2.83. The zero-order valence-electron chi connectivity index (χ0n) is 19.5. The van der Waals surface area contributed by atoms with Crippen LogP contribution < -0.4 is 15.0 Å².